The minimum Gasteiger partial charge on any atom is -0.277 e. The van der Waals surface area contributed by atoms with Crippen LogP contribution in [0, 0.1) is 23.2 Å². The predicted octanol–water partition coefficient (Wildman–Crippen LogP) is 1.04. The van der Waals surface area contributed by atoms with Crippen LogP contribution in [0.2, 0.25) is 0 Å². The van der Waals surface area contributed by atoms with E-state index in [0.717, 1.165) is 12.8 Å². The topological polar surface area (TPSA) is 75.3 Å². The van der Waals surface area contributed by atoms with Crippen molar-refractivity contribution in [1.82, 2.24) is 10.6 Å². The average molecular weight is 238 g/mol. The fraction of sp³-hybridized carbons (Fsp3) is 0.750. The maximum Gasteiger partial charge on any atom is 0.328 e. The molecule has 2 aliphatic rings. The van der Waals surface area contributed by atoms with E-state index in [1.54, 1.807) is 0 Å². The molecule has 1 heterocycles. The van der Waals surface area contributed by atoms with Crippen LogP contribution in [-0.4, -0.2) is 17.8 Å². The molecule has 2 fully saturated rings. The summed E-state index contributed by atoms with van der Waals surface area (Å²) in [6.07, 6.45) is 1.62. The van der Waals surface area contributed by atoms with Gasteiger partial charge in [-0.1, -0.05) is 27.2 Å². The van der Waals surface area contributed by atoms with Crippen LogP contribution in [0.15, 0.2) is 0 Å². The first-order valence-corrected chi connectivity index (χ1v) is 6.11. The Morgan fingerprint density at radius 1 is 1.18 bits per heavy atom. The number of barbiturate groups is 1. The molecule has 17 heavy (non-hydrogen) atoms. The maximum atomic E-state index is 12.2. The van der Waals surface area contributed by atoms with Gasteiger partial charge in [0.25, 0.3) is 0 Å². The lowest BCUT2D eigenvalue weighted by Gasteiger charge is -2.38. The lowest BCUT2D eigenvalue weighted by atomic mass is 9.68. The zero-order valence-corrected chi connectivity index (χ0v) is 10.4. The fourth-order valence-electron chi connectivity index (χ4n) is 3.48. The summed E-state index contributed by atoms with van der Waals surface area (Å²) in [5, 5.41) is 4.50. The van der Waals surface area contributed by atoms with E-state index in [1.165, 1.54) is 0 Å². The molecule has 4 amide bonds. The molecule has 0 aromatic rings. The number of rotatable bonds is 1. The number of hydrogen-bond donors (Lipinski definition) is 2. The molecule has 1 aliphatic heterocycles. The van der Waals surface area contributed by atoms with Gasteiger partial charge in [-0.05, 0) is 24.2 Å². The van der Waals surface area contributed by atoms with E-state index in [2.05, 4.69) is 17.6 Å². The standard InChI is InChI=1S/C12H18N2O3/c1-4-8-5-6(2)7(3)12(8)9(15)13-11(17)14-10(12)16/h6-8H,4-5H2,1-3H3,(H2,13,14,15,16,17). The quantitative estimate of drug-likeness (QED) is 0.670. The second-order valence-electron chi connectivity index (χ2n) is 5.21. The summed E-state index contributed by atoms with van der Waals surface area (Å²) < 4.78 is 0. The molecule has 1 saturated carbocycles. The second kappa shape index (κ2) is 3.82. The van der Waals surface area contributed by atoms with Gasteiger partial charge in [-0.25, -0.2) is 4.79 Å². The molecule has 3 unspecified atom stereocenters. The SMILES string of the molecule is CCC1CC(C)C(C)C12C(=O)NC(=O)NC2=O. The molecule has 94 valence electrons. The Balaban J connectivity index is 2.47. The first-order chi connectivity index (χ1) is 7.94. The van der Waals surface area contributed by atoms with Crippen molar-refractivity contribution in [3.05, 3.63) is 0 Å². The zero-order chi connectivity index (χ0) is 12.8. The molecule has 2 N–H and O–H groups in total. The first kappa shape index (κ1) is 12.1. The summed E-state index contributed by atoms with van der Waals surface area (Å²) in [6.45, 7) is 5.96. The van der Waals surface area contributed by atoms with Crippen molar-refractivity contribution in [2.45, 2.75) is 33.6 Å². The van der Waals surface area contributed by atoms with Crippen LogP contribution in [0.3, 0.4) is 0 Å². The lowest BCUT2D eigenvalue weighted by Crippen LogP contribution is -2.65. The Bertz CT molecular complexity index is 371. The molecule has 3 atom stereocenters. The van der Waals surface area contributed by atoms with Crippen molar-refractivity contribution in [3.63, 3.8) is 0 Å². The van der Waals surface area contributed by atoms with Crippen LogP contribution in [0.4, 0.5) is 4.79 Å². The van der Waals surface area contributed by atoms with Gasteiger partial charge in [-0.3, -0.25) is 20.2 Å². The maximum absolute atomic E-state index is 12.2. The minimum atomic E-state index is -1.05. The van der Waals surface area contributed by atoms with Crippen molar-refractivity contribution in [3.8, 4) is 0 Å². The van der Waals surface area contributed by atoms with E-state index in [0.29, 0.717) is 5.92 Å². The third-order valence-corrected chi connectivity index (χ3v) is 4.57. The van der Waals surface area contributed by atoms with Crippen LogP contribution in [0.25, 0.3) is 0 Å². The van der Waals surface area contributed by atoms with Gasteiger partial charge >= 0.3 is 6.03 Å². The highest BCUT2D eigenvalue weighted by atomic mass is 16.2. The third kappa shape index (κ3) is 1.41. The highest BCUT2D eigenvalue weighted by Crippen LogP contribution is 2.53. The largest absolute Gasteiger partial charge is 0.328 e. The Hall–Kier alpha value is -1.39. The molecule has 0 aromatic carbocycles. The Morgan fingerprint density at radius 2 is 1.71 bits per heavy atom. The summed E-state index contributed by atoms with van der Waals surface area (Å²) in [4.78, 5) is 35.5. The molecule has 2 rings (SSSR count). The van der Waals surface area contributed by atoms with E-state index < -0.39 is 23.3 Å². The molecular formula is C12H18N2O3. The minimum absolute atomic E-state index is 0.0144. The van der Waals surface area contributed by atoms with E-state index in [4.69, 9.17) is 0 Å². The van der Waals surface area contributed by atoms with E-state index >= 15 is 0 Å². The van der Waals surface area contributed by atoms with Crippen molar-refractivity contribution in [2.24, 2.45) is 23.2 Å². The van der Waals surface area contributed by atoms with Crippen LogP contribution in [0.5, 0.6) is 0 Å². The predicted molar refractivity (Wildman–Crippen MR) is 60.8 cm³/mol. The first-order valence-electron chi connectivity index (χ1n) is 6.11. The lowest BCUT2D eigenvalue weighted by molar-refractivity contribution is -0.150. The second-order valence-corrected chi connectivity index (χ2v) is 5.21. The van der Waals surface area contributed by atoms with Crippen LogP contribution in [-0.2, 0) is 9.59 Å². The highest BCUT2D eigenvalue weighted by Gasteiger charge is 2.62. The molecule has 5 heteroatoms. The van der Waals surface area contributed by atoms with Gasteiger partial charge in [0.05, 0.1) is 0 Å². The Kier molecular flexibility index (Phi) is 2.72. The van der Waals surface area contributed by atoms with Gasteiger partial charge in [0.15, 0.2) is 0 Å². The summed E-state index contributed by atoms with van der Waals surface area (Å²) in [6, 6.07) is -0.702. The number of carbonyl (C=O) groups excluding carboxylic acids is 3. The molecule has 0 radical (unpaired) electrons. The van der Waals surface area contributed by atoms with Gasteiger partial charge in [0, 0.05) is 0 Å². The number of imide groups is 2. The number of amides is 4. The van der Waals surface area contributed by atoms with Crippen LogP contribution in [0.1, 0.15) is 33.6 Å². The number of urea groups is 1. The van der Waals surface area contributed by atoms with Gasteiger partial charge < -0.3 is 0 Å². The molecular weight excluding hydrogens is 220 g/mol. The molecule has 0 bridgehead atoms. The summed E-state index contributed by atoms with van der Waals surface area (Å²) >= 11 is 0. The van der Waals surface area contributed by atoms with Crippen molar-refractivity contribution in [2.75, 3.05) is 0 Å². The normalized spacial score (nSPS) is 35.9. The molecule has 5 nitrogen and oxygen atoms in total. The number of nitrogens with one attached hydrogen (secondary N) is 2. The Morgan fingerprint density at radius 3 is 2.18 bits per heavy atom. The van der Waals surface area contributed by atoms with E-state index in [1.807, 2.05) is 13.8 Å². The number of hydrogen-bond acceptors (Lipinski definition) is 3. The summed E-state index contributed by atoms with van der Waals surface area (Å²) in [7, 11) is 0. The van der Waals surface area contributed by atoms with Crippen LogP contribution >= 0.6 is 0 Å². The van der Waals surface area contributed by atoms with Crippen molar-refractivity contribution < 1.29 is 14.4 Å². The monoisotopic (exact) mass is 238 g/mol. The number of carbonyl (C=O) groups is 3. The molecule has 0 aromatic heterocycles. The summed E-state index contributed by atoms with van der Waals surface area (Å²) in [5.74, 6) is -0.560. The van der Waals surface area contributed by atoms with Gasteiger partial charge in [-0.15, -0.1) is 0 Å². The van der Waals surface area contributed by atoms with Gasteiger partial charge in [0.2, 0.25) is 11.8 Å². The third-order valence-electron chi connectivity index (χ3n) is 4.57. The average Bonchev–Trinajstić information content (AvgIpc) is 2.50. The van der Waals surface area contributed by atoms with E-state index in [9.17, 15) is 14.4 Å². The molecule has 1 aliphatic carbocycles. The van der Waals surface area contributed by atoms with Gasteiger partial charge in [0.1, 0.15) is 5.41 Å². The summed E-state index contributed by atoms with van der Waals surface area (Å²) in [5.41, 5.74) is -1.05. The molecule has 1 saturated heterocycles. The molecule has 1 spiro atoms. The van der Waals surface area contributed by atoms with Gasteiger partial charge in [-0.2, -0.15) is 0 Å². The zero-order valence-electron chi connectivity index (χ0n) is 10.4. The highest BCUT2D eigenvalue weighted by molar-refractivity contribution is 6.19. The smallest absolute Gasteiger partial charge is 0.277 e. The van der Waals surface area contributed by atoms with Crippen molar-refractivity contribution in [1.29, 1.82) is 0 Å². The van der Waals surface area contributed by atoms with Crippen molar-refractivity contribution >= 4 is 17.8 Å². The Labute approximate surface area is 100 Å². The van der Waals surface area contributed by atoms with E-state index in [-0.39, 0.29) is 11.8 Å². The fourth-order valence-corrected chi connectivity index (χ4v) is 3.48. The van der Waals surface area contributed by atoms with Crippen LogP contribution < -0.4 is 10.6 Å².